The molecule has 0 bridgehead atoms. The van der Waals surface area contributed by atoms with E-state index in [1.165, 1.54) is 17.8 Å². The highest BCUT2D eigenvalue weighted by Gasteiger charge is 2.05. The molecule has 5 nitrogen and oxygen atoms in total. The minimum atomic E-state index is -0.240. The normalized spacial score (nSPS) is 10.0. The highest BCUT2D eigenvalue weighted by atomic mass is 32.2. The molecule has 0 aliphatic heterocycles. The Morgan fingerprint density at radius 2 is 2.04 bits per heavy atom. The second-order valence-electron chi connectivity index (χ2n) is 5.62. The molecule has 0 radical (unpaired) electrons. The molecule has 3 aromatic rings. The van der Waals surface area contributed by atoms with Gasteiger partial charge in [-0.15, -0.1) is 0 Å². The molecule has 0 spiro atoms. The van der Waals surface area contributed by atoms with Crippen molar-refractivity contribution in [2.45, 2.75) is 16.3 Å². The van der Waals surface area contributed by atoms with Crippen molar-refractivity contribution in [1.82, 2.24) is 9.97 Å². The summed E-state index contributed by atoms with van der Waals surface area (Å²) in [5, 5.41) is 12.6. The van der Waals surface area contributed by atoms with Crippen molar-refractivity contribution in [2.75, 3.05) is 5.32 Å². The maximum absolute atomic E-state index is 11.3. The number of carbonyl (C=O) groups is 1. The van der Waals surface area contributed by atoms with E-state index in [1.807, 2.05) is 48.5 Å². The van der Waals surface area contributed by atoms with Crippen molar-refractivity contribution in [2.24, 2.45) is 0 Å². The molecule has 1 heterocycles. The van der Waals surface area contributed by atoms with E-state index in [0.717, 1.165) is 15.5 Å². The van der Waals surface area contributed by atoms with E-state index in [0.29, 0.717) is 23.5 Å². The molecule has 2 aromatic carbocycles. The van der Waals surface area contributed by atoms with Gasteiger partial charge in [0.2, 0.25) is 5.91 Å². The Kier molecular flexibility index (Phi) is 5.98. The maximum Gasteiger partial charge on any atom is 0.247 e. The molecule has 0 aliphatic carbocycles. The summed E-state index contributed by atoms with van der Waals surface area (Å²) in [6.07, 6.45) is 3.53. The van der Waals surface area contributed by atoms with E-state index >= 15 is 0 Å². The van der Waals surface area contributed by atoms with Gasteiger partial charge in [-0.2, -0.15) is 5.26 Å². The fourth-order valence-electron chi connectivity index (χ4n) is 2.38. The smallest absolute Gasteiger partial charge is 0.247 e. The van der Waals surface area contributed by atoms with Gasteiger partial charge in [-0.25, -0.2) is 9.97 Å². The Balaban J connectivity index is 1.69. The Hall–Kier alpha value is -3.43. The second kappa shape index (κ2) is 8.79. The molecule has 27 heavy (non-hydrogen) atoms. The predicted octanol–water partition coefficient (Wildman–Crippen LogP) is 4.21. The summed E-state index contributed by atoms with van der Waals surface area (Å²) in [5.41, 5.74) is 2.34. The van der Waals surface area contributed by atoms with Crippen LogP contribution in [0, 0.1) is 11.3 Å². The molecule has 1 N–H and O–H groups in total. The largest absolute Gasteiger partial charge is 0.323 e. The lowest BCUT2D eigenvalue weighted by Gasteiger charge is -2.06. The van der Waals surface area contributed by atoms with Gasteiger partial charge in [0.25, 0.3) is 0 Å². The predicted molar refractivity (Wildman–Crippen MR) is 105 cm³/mol. The molecule has 0 aliphatic rings. The maximum atomic E-state index is 11.3. The van der Waals surface area contributed by atoms with Gasteiger partial charge in [-0.05, 0) is 54.1 Å². The van der Waals surface area contributed by atoms with Crippen molar-refractivity contribution in [1.29, 1.82) is 5.26 Å². The zero-order chi connectivity index (χ0) is 19.1. The average molecular weight is 372 g/mol. The molecule has 0 atom stereocenters. The third-order valence-electron chi connectivity index (χ3n) is 3.63. The number of carbonyl (C=O) groups excluding carboxylic acids is 1. The molecular weight excluding hydrogens is 356 g/mol. The van der Waals surface area contributed by atoms with E-state index in [9.17, 15) is 4.79 Å². The SMILES string of the molecule is C=CC(=O)Nc1ccc(Sc2ccnc(Cc3cccc(C#N)c3)n2)cc1. The van der Waals surface area contributed by atoms with E-state index < -0.39 is 0 Å². The third-order valence-corrected chi connectivity index (χ3v) is 4.57. The van der Waals surface area contributed by atoms with Gasteiger partial charge >= 0.3 is 0 Å². The zero-order valence-electron chi connectivity index (χ0n) is 14.4. The summed E-state index contributed by atoms with van der Waals surface area (Å²) in [4.78, 5) is 21.2. The van der Waals surface area contributed by atoms with E-state index in [2.05, 4.69) is 27.9 Å². The van der Waals surface area contributed by atoms with E-state index in [1.54, 1.807) is 12.3 Å². The van der Waals surface area contributed by atoms with Crippen molar-refractivity contribution in [3.63, 3.8) is 0 Å². The number of hydrogen-bond donors (Lipinski definition) is 1. The fraction of sp³-hybridized carbons (Fsp3) is 0.0476. The van der Waals surface area contributed by atoms with Crippen LogP contribution >= 0.6 is 11.8 Å². The van der Waals surface area contributed by atoms with Crippen LogP contribution < -0.4 is 5.32 Å². The summed E-state index contributed by atoms with van der Waals surface area (Å²) in [7, 11) is 0. The van der Waals surface area contributed by atoms with Crippen LogP contribution in [0.25, 0.3) is 0 Å². The number of nitrogens with zero attached hydrogens (tertiary/aromatic N) is 3. The summed E-state index contributed by atoms with van der Waals surface area (Å²) in [6.45, 7) is 3.43. The van der Waals surface area contributed by atoms with Gasteiger partial charge in [-0.1, -0.05) is 30.5 Å². The van der Waals surface area contributed by atoms with Gasteiger partial charge in [0.1, 0.15) is 10.9 Å². The molecule has 3 rings (SSSR count). The van der Waals surface area contributed by atoms with Crippen molar-refractivity contribution < 1.29 is 4.79 Å². The molecule has 1 amide bonds. The van der Waals surface area contributed by atoms with Gasteiger partial charge in [0.15, 0.2) is 0 Å². The Morgan fingerprint density at radius 3 is 2.78 bits per heavy atom. The first-order valence-corrected chi connectivity index (χ1v) is 9.00. The Labute approximate surface area is 161 Å². The number of nitrogens with one attached hydrogen (secondary N) is 1. The second-order valence-corrected chi connectivity index (χ2v) is 6.71. The van der Waals surface area contributed by atoms with Crippen molar-refractivity contribution >= 4 is 23.4 Å². The number of anilines is 1. The van der Waals surface area contributed by atoms with Crippen LogP contribution in [0.4, 0.5) is 5.69 Å². The number of aromatic nitrogens is 2. The lowest BCUT2D eigenvalue weighted by molar-refractivity contribution is -0.111. The first kappa shape index (κ1) is 18.4. The van der Waals surface area contributed by atoms with E-state index in [-0.39, 0.29) is 5.91 Å². The molecule has 0 unspecified atom stereocenters. The average Bonchev–Trinajstić information content (AvgIpc) is 2.70. The third kappa shape index (κ3) is 5.27. The molecular formula is C21H16N4OS. The summed E-state index contributed by atoms with van der Waals surface area (Å²) < 4.78 is 0. The minimum absolute atomic E-state index is 0.240. The van der Waals surface area contributed by atoms with Crippen LogP contribution in [0.2, 0.25) is 0 Å². The number of benzene rings is 2. The van der Waals surface area contributed by atoms with Crippen LogP contribution in [0.3, 0.4) is 0 Å². The number of nitriles is 1. The quantitative estimate of drug-likeness (QED) is 0.518. The number of amides is 1. The van der Waals surface area contributed by atoms with Gasteiger partial charge in [0.05, 0.1) is 11.6 Å². The molecule has 0 saturated heterocycles. The zero-order valence-corrected chi connectivity index (χ0v) is 15.2. The number of hydrogen-bond acceptors (Lipinski definition) is 5. The van der Waals surface area contributed by atoms with Gasteiger partial charge < -0.3 is 5.32 Å². The van der Waals surface area contributed by atoms with Gasteiger partial charge in [-0.3, -0.25) is 4.79 Å². The van der Waals surface area contributed by atoms with Crippen LogP contribution in [-0.2, 0) is 11.2 Å². The summed E-state index contributed by atoms with van der Waals surface area (Å²) in [6, 6.07) is 18.9. The van der Waals surface area contributed by atoms with Crippen LogP contribution in [0.5, 0.6) is 0 Å². The van der Waals surface area contributed by atoms with Crippen LogP contribution in [-0.4, -0.2) is 15.9 Å². The molecule has 0 saturated carbocycles. The van der Waals surface area contributed by atoms with Crippen LogP contribution in [0.15, 0.2) is 83.4 Å². The highest BCUT2D eigenvalue weighted by Crippen LogP contribution is 2.27. The topological polar surface area (TPSA) is 78.7 Å². The highest BCUT2D eigenvalue weighted by molar-refractivity contribution is 7.99. The number of rotatable bonds is 6. The molecule has 132 valence electrons. The summed E-state index contributed by atoms with van der Waals surface area (Å²) >= 11 is 1.52. The van der Waals surface area contributed by atoms with Crippen LogP contribution in [0.1, 0.15) is 17.0 Å². The molecule has 0 fully saturated rings. The van der Waals surface area contributed by atoms with Crippen molar-refractivity contribution in [3.05, 3.63) is 90.4 Å². The minimum Gasteiger partial charge on any atom is -0.323 e. The molecule has 1 aromatic heterocycles. The molecule has 6 heteroatoms. The summed E-state index contributed by atoms with van der Waals surface area (Å²) in [5.74, 6) is 0.460. The van der Waals surface area contributed by atoms with E-state index in [4.69, 9.17) is 5.26 Å². The standard InChI is InChI=1S/C21H16N4OS/c1-2-20(26)24-17-6-8-18(9-7-17)27-21-10-11-23-19(25-21)13-15-4-3-5-16(12-15)14-22/h2-12H,1,13H2,(H,24,26). The van der Waals surface area contributed by atoms with Crippen molar-refractivity contribution in [3.8, 4) is 6.07 Å². The first-order chi connectivity index (χ1) is 13.2. The van der Waals surface area contributed by atoms with Gasteiger partial charge in [0, 0.05) is 23.2 Å². The first-order valence-electron chi connectivity index (χ1n) is 8.18. The monoisotopic (exact) mass is 372 g/mol. The fourth-order valence-corrected chi connectivity index (χ4v) is 3.17. The Morgan fingerprint density at radius 1 is 1.22 bits per heavy atom. The Bertz CT molecular complexity index is 1010. The lowest BCUT2D eigenvalue weighted by atomic mass is 10.1. The lowest BCUT2D eigenvalue weighted by Crippen LogP contribution is -2.06.